The molecule has 320 valence electrons. The lowest BCUT2D eigenvalue weighted by Gasteiger charge is -2.40. The van der Waals surface area contributed by atoms with Crippen molar-refractivity contribution in [2.75, 3.05) is 72.9 Å². The maximum absolute atomic E-state index is 15.2. The van der Waals surface area contributed by atoms with Gasteiger partial charge in [-0.1, -0.05) is 23.7 Å². The Kier molecular flexibility index (Phi) is 10.0. The minimum atomic E-state index is -3.12. The Bertz CT molecular complexity index is 2610. The van der Waals surface area contributed by atoms with Crippen LogP contribution in [-0.2, 0) is 23.7 Å². The van der Waals surface area contributed by atoms with E-state index < -0.39 is 30.0 Å². The van der Waals surface area contributed by atoms with Gasteiger partial charge in [-0.3, -0.25) is 29.3 Å². The fourth-order valence-electron chi connectivity index (χ4n) is 9.83. The highest BCUT2D eigenvalue weighted by Gasteiger charge is 2.51. The molecule has 0 bridgehead atoms. The highest BCUT2D eigenvalue weighted by Crippen LogP contribution is 2.46. The van der Waals surface area contributed by atoms with Crippen molar-refractivity contribution < 1.29 is 23.1 Å². The topological polar surface area (TPSA) is 142 Å². The third-order valence-electron chi connectivity index (χ3n) is 13.3. The van der Waals surface area contributed by atoms with Gasteiger partial charge in [-0.2, -0.15) is 5.10 Å². The number of anilines is 5. The molecule has 5 aromatic rings. The summed E-state index contributed by atoms with van der Waals surface area (Å²) in [5, 5.41) is 15.8. The van der Waals surface area contributed by atoms with Crippen LogP contribution < -0.4 is 36.0 Å². The van der Waals surface area contributed by atoms with Crippen LogP contribution in [0.3, 0.4) is 0 Å². The van der Waals surface area contributed by atoms with E-state index in [0.29, 0.717) is 64.6 Å². The molecule has 4 fully saturated rings. The molecule has 17 heteroatoms. The monoisotopic (exact) mass is 854 g/mol. The van der Waals surface area contributed by atoms with Crippen molar-refractivity contribution in [3.8, 4) is 5.75 Å². The number of pyridine rings is 2. The molecule has 14 nitrogen and oxygen atoms in total. The van der Waals surface area contributed by atoms with E-state index in [1.54, 1.807) is 19.3 Å². The molecule has 2 atom stereocenters. The molecule has 3 aromatic heterocycles. The number of aryl methyl sites for hydroxylation is 2. The Morgan fingerprint density at radius 3 is 2.48 bits per heavy atom. The summed E-state index contributed by atoms with van der Waals surface area (Å²) in [6.07, 6.45) is 6.01. The lowest BCUT2D eigenvalue weighted by atomic mass is 9.92. The fourth-order valence-corrected chi connectivity index (χ4v) is 9.98. The van der Waals surface area contributed by atoms with E-state index in [9.17, 15) is 14.4 Å². The molecule has 2 aromatic carbocycles. The number of halogens is 3. The van der Waals surface area contributed by atoms with E-state index in [1.807, 2.05) is 42.1 Å². The summed E-state index contributed by atoms with van der Waals surface area (Å²) in [6.45, 7) is 5.52. The van der Waals surface area contributed by atoms with Crippen LogP contribution >= 0.6 is 11.6 Å². The number of imide groups is 1. The maximum atomic E-state index is 15.2. The lowest BCUT2D eigenvalue weighted by molar-refractivity contribution is -0.134. The summed E-state index contributed by atoms with van der Waals surface area (Å²) < 4.78 is 39.2. The molecule has 0 spiro atoms. The smallest absolute Gasteiger partial charge is 0.301 e. The molecular formula is C44H49ClF2N10O4. The molecule has 4 aliphatic heterocycles. The number of rotatable bonds is 8. The van der Waals surface area contributed by atoms with Gasteiger partial charge in [0.1, 0.15) is 5.82 Å². The highest BCUT2D eigenvalue weighted by atomic mass is 35.5. The predicted molar refractivity (Wildman–Crippen MR) is 232 cm³/mol. The lowest BCUT2D eigenvalue weighted by Crippen LogP contribution is -2.49. The minimum absolute atomic E-state index is 0.0918. The molecule has 5 aliphatic rings. The van der Waals surface area contributed by atoms with Crippen LogP contribution in [0, 0.1) is 11.8 Å². The largest absolute Gasteiger partial charge is 0.480 e. The summed E-state index contributed by atoms with van der Waals surface area (Å²) in [5.41, 5.74) is 4.66. The molecule has 2 amide bonds. The standard InChI is InChI=1S/C44H49ClF2N10O4/c1-53-33-10-8-27(20-30(33)38-40(43(53)60)61-24-44(46,47)41(51-38)26-6-7-26)49-32-21-35(48-22-31(32)45)57-18-16-55(17-19-57)23-25-12-14-56(15-13-25)34-5-3-4-28-37(52-54(2)39(28)34)29-9-11-36(58)50-42(29)59/h3-5,8,10,20-22,25-26,29,41,51H,6-7,9,11-19,23-24H2,1-2H3,(H,48,49)(H,50,58,59). The predicted octanol–water partition coefficient (Wildman–Crippen LogP) is 5.99. The number of amides is 2. The van der Waals surface area contributed by atoms with E-state index in [0.717, 1.165) is 86.8 Å². The number of nitrogens with zero attached hydrogens (tertiary/aromatic N) is 7. The number of piperazine rings is 1. The van der Waals surface area contributed by atoms with Crippen LogP contribution in [0.15, 0.2) is 53.5 Å². The number of hydrogen-bond donors (Lipinski definition) is 3. The number of ether oxygens (including phenoxy) is 1. The molecule has 0 radical (unpaired) electrons. The minimum Gasteiger partial charge on any atom is -0.480 e. The first-order chi connectivity index (χ1) is 29.4. The van der Waals surface area contributed by atoms with Crippen molar-refractivity contribution in [3.63, 3.8) is 0 Å². The summed E-state index contributed by atoms with van der Waals surface area (Å²) in [4.78, 5) is 49.7. The van der Waals surface area contributed by atoms with E-state index >= 15 is 8.78 Å². The van der Waals surface area contributed by atoms with Crippen LogP contribution in [0.5, 0.6) is 5.75 Å². The summed E-state index contributed by atoms with van der Waals surface area (Å²) in [7, 11) is 3.55. The van der Waals surface area contributed by atoms with Gasteiger partial charge in [-0.05, 0) is 68.2 Å². The molecule has 7 heterocycles. The zero-order valence-electron chi connectivity index (χ0n) is 34.2. The average molecular weight is 855 g/mol. The first-order valence-electron chi connectivity index (χ1n) is 21.3. The molecule has 2 unspecified atom stereocenters. The molecule has 3 saturated heterocycles. The van der Waals surface area contributed by atoms with Gasteiger partial charge >= 0.3 is 5.92 Å². The van der Waals surface area contributed by atoms with Gasteiger partial charge in [-0.15, -0.1) is 0 Å². The first-order valence-corrected chi connectivity index (χ1v) is 21.7. The van der Waals surface area contributed by atoms with Crippen molar-refractivity contribution in [2.24, 2.45) is 25.9 Å². The van der Waals surface area contributed by atoms with Crippen molar-refractivity contribution >= 4 is 73.8 Å². The Morgan fingerprint density at radius 2 is 1.72 bits per heavy atom. The Balaban J connectivity index is 0.777. The van der Waals surface area contributed by atoms with Gasteiger partial charge in [-0.25, -0.2) is 13.8 Å². The first kappa shape index (κ1) is 39.6. The zero-order valence-corrected chi connectivity index (χ0v) is 35.0. The number of fused-ring (bicyclic) bond motifs is 4. The Labute approximate surface area is 356 Å². The second-order valence-corrected chi connectivity index (χ2v) is 17.8. The number of piperidine rings is 2. The number of alkyl halides is 2. The number of para-hydroxylation sites is 1. The third-order valence-corrected chi connectivity index (χ3v) is 13.6. The van der Waals surface area contributed by atoms with Crippen molar-refractivity contribution in [1.29, 1.82) is 0 Å². The number of carbonyl (C=O) groups excluding carboxylic acids is 2. The van der Waals surface area contributed by atoms with Crippen LogP contribution in [0.25, 0.3) is 21.8 Å². The van der Waals surface area contributed by atoms with Crippen LogP contribution in [0.4, 0.5) is 37.3 Å². The number of hydrogen-bond acceptors (Lipinski definition) is 11. The van der Waals surface area contributed by atoms with Crippen LogP contribution in [-0.4, -0.2) is 100 Å². The van der Waals surface area contributed by atoms with Crippen molar-refractivity contribution in [2.45, 2.75) is 56.4 Å². The summed E-state index contributed by atoms with van der Waals surface area (Å²) >= 11 is 6.69. The number of benzene rings is 2. The number of nitrogens with one attached hydrogen (secondary N) is 3. The Hall–Kier alpha value is -5.48. The molecule has 1 aliphatic carbocycles. The molecule has 1 saturated carbocycles. The maximum Gasteiger partial charge on any atom is 0.301 e. The molecule has 3 N–H and O–H groups in total. The van der Waals surface area contributed by atoms with Crippen molar-refractivity contribution in [3.05, 3.63) is 69.7 Å². The second-order valence-electron chi connectivity index (χ2n) is 17.4. The third kappa shape index (κ3) is 7.40. The molecule has 61 heavy (non-hydrogen) atoms. The van der Waals surface area contributed by atoms with Crippen LogP contribution in [0.2, 0.25) is 5.02 Å². The summed E-state index contributed by atoms with van der Waals surface area (Å²) in [6, 6.07) is 12.5. The fraction of sp³-hybridized carbons (Fsp3) is 0.477. The second kappa shape index (κ2) is 15.5. The SMILES string of the molecule is Cn1nc(C2CCC(=O)NC2=O)c2cccc(N3CCC(CN4CCN(c5cc(Nc6ccc7c(c6)c6c(c(=O)n7C)OCC(F)(F)C(C7CC7)N6)c(Cl)cn5)CC4)CC3)c21. The van der Waals surface area contributed by atoms with E-state index in [-0.39, 0.29) is 23.5 Å². The van der Waals surface area contributed by atoms with Gasteiger partial charge in [0.15, 0.2) is 6.61 Å². The van der Waals surface area contributed by atoms with Gasteiger partial charge in [0.05, 0.1) is 57.0 Å². The van der Waals surface area contributed by atoms with Gasteiger partial charge < -0.3 is 29.7 Å². The van der Waals surface area contributed by atoms with Gasteiger partial charge in [0.25, 0.3) is 5.56 Å². The Morgan fingerprint density at radius 1 is 0.934 bits per heavy atom. The number of carbonyl (C=O) groups is 2. The molecule has 10 rings (SSSR count). The zero-order chi connectivity index (χ0) is 42.2. The quantitative estimate of drug-likeness (QED) is 0.159. The van der Waals surface area contributed by atoms with E-state index in [2.05, 4.69) is 41.7 Å². The average Bonchev–Trinajstić information content (AvgIpc) is 4.05. The van der Waals surface area contributed by atoms with E-state index in [4.69, 9.17) is 21.4 Å². The van der Waals surface area contributed by atoms with Gasteiger partial charge in [0.2, 0.25) is 17.6 Å². The number of aromatic nitrogens is 4. The van der Waals surface area contributed by atoms with Crippen molar-refractivity contribution in [1.82, 2.24) is 29.5 Å². The summed E-state index contributed by atoms with van der Waals surface area (Å²) in [5.74, 6) is -2.93. The highest BCUT2D eigenvalue weighted by molar-refractivity contribution is 6.33. The normalized spacial score (nSPS) is 22.4. The van der Waals surface area contributed by atoms with Gasteiger partial charge in [0, 0.05) is 88.9 Å². The van der Waals surface area contributed by atoms with Crippen LogP contribution in [0.1, 0.15) is 50.1 Å². The van der Waals surface area contributed by atoms with E-state index in [1.165, 1.54) is 4.57 Å². The molecular weight excluding hydrogens is 806 g/mol.